The molecular formula is C20H24FNO3S. The normalized spacial score (nSPS) is 12.8. The Balaban J connectivity index is 2.10. The zero-order chi connectivity index (χ0) is 19.2. The van der Waals surface area contributed by atoms with Crippen molar-refractivity contribution in [2.45, 2.75) is 31.4 Å². The molecule has 2 rings (SSSR count). The van der Waals surface area contributed by atoms with Crippen LogP contribution >= 0.6 is 0 Å². The molecule has 26 heavy (non-hydrogen) atoms. The van der Waals surface area contributed by atoms with Crippen LogP contribution in [-0.2, 0) is 14.6 Å². The van der Waals surface area contributed by atoms with Crippen molar-refractivity contribution in [2.24, 2.45) is 0 Å². The summed E-state index contributed by atoms with van der Waals surface area (Å²) in [5.74, 6) is -1.21. The Bertz CT molecular complexity index is 835. The Morgan fingerprint density at radius 3 is 2.27 bits per heavy atom. The van der Waals surface area contributed by atoms with Gasteiger partial charge in [0.2, 0.25) is 5.91 Å². The number of carbonyl (C=O) groups is 1. The lowest BCUT2D eigenvalue weighted by Gasteiger charge is -2.18. The highest BCUT2D eigenvalue weighted by molar-refractivity contribution is 7.92. The summed E-state index contributed by atoms with van der Waals surface area (Å²) in [6.07, 6.45) is 0.0483. The molecule has 1 N–H and O–H groups in total. The van der Waals surface area contributed by atoms with E-state index in [0.717, 1.165) is 5.56 Å². The third kappa shape index (κ3) is 5.39. The van der Waals surface area contributed by atoms with Crippen molar-refractivity contribution < 1.29 is 17.6 Å². The van der Waals surface area contributed by atoms with Gasteiger partial charge in [0.1, 0.15) is 5.82 Å². The molecule has 0 aromatic heterocycles. The Hall–Kier alpha value is -2.21. The number of nitrogens with one attached hydrogen (secondary N) is 1. The second-order valence-electron chi connectivity index (χ2n) is 6.45. The summed E-state index contributed by atoms with van der Waals surface area (Å²) < 4.78 is 37.9. The Labute approximate surface area is 154 Å². The van der Waals surface area contributed by atoms with Gasteiger partial charge < -0.3 is 5.32 Å². The Kier molecular flexibility index (Phi) is 6.91. The molecule has 0 unspecified atom stereocenters. The molecule has 0 aliphatic heterocycles. The third-order valence-corrected chi connectivity index (χ3v) is 6.51. The summed E-state index contributed by atoms with van der Waals surface area (Å²) in [7, 11) is -3.21. The zero-order valence-corrected chi connectivity index (χ0v) is 15.8. The number of sulfone groups is 1. The first-order valence-electron chi connectivity index (χ1n) is 8.59. The van der Waals surface area contributed by atoms with E-state index >= 15 is 0 Å². The Morgan fingerprint density at radius 2 is 1.65 bits per heavy atom. The van der Waals surface area contributed by atoms with Crippen molar-refractivity contribution in [1.29, 1.82) is 0 Å². The zero-order valence-electron chi connectivity index (χ0n) is 15.0. The van der Waals surface area contributed by atoms with Crippen LogP contribution in [0.3, 0.4) is 0 Å². The topological polar surface area (TPSA) is 63.2 Å². The summed E-state index contributed by atoms with van der Waals surface area (Å²) in [5, 5.41) is 2.17. The summed E-state index contributed by atoms with van der Waals surface area (Å²) in [6.45, 7) is 3.28. The van der Waals surface area contributed by atoms with Gasteiger partial charge in [0.05, 0.1) is 11.0 Å². The van der Waals surface area contributed by atoms with E-state index in [0.29, 0.717) is 5.56 Å². The number of hydrogen-bond donors (Lipinski definition) is 1. The van der Waals surface area contributed by atoms with Gasteiger partial charge in [-0.3, -0.25) is 4.79 Å². The van der Waals surface area contributed by atoms with E-state index in [-0.39, 0.29) is 30.4 Å². The highest BCUT2D eigenvalue weighted by Crippen LogP contribution is 2.29. The van der Waals surface area contributed by atoms with Crippen LogP contribution in [0.2, 0.25) is 0 Å². The quantitative estimate of drug-likeness (QED) is 0.768. The summed E-state index contributed by atoms with van der Waals surface area (Å²) in [5.41, 5.74) is 1.28. The van der Waals surface area contributed by atoms with Crippen LogP contribution in [0.1, 0.15) is 37.3 Å². The number of carbonyl (C=O) groups excluding carboxylic acids is 1. The maximum Gasteiger partial charge on any atom is 0.220 e. The molecule has 0 saturated carbocycles. The van der Waals surface area contributed by atoms with Gasteiger partial charge in [-0.25, -0.2) is 12.8 Å². The maximum absolute atomic E-state index is 14.3. The smallest absolute Gasteiger partial charge is 0.220 e. The first-order valence-corrected chi connectivity index (χ1v) is 10.3. The molecule has 0 fully saturated rings. The number of halogens is 1. The highest BCUT2D eigenvalue weighted by Gasteiger charge is 2.22. The van der Waals surface area contributed by atoms with Crippen LogP contribution in [0, 0.1) is 5.82 Å². The summed E-state index contributed by atoms with van der Waals surface area (Å²) in [4.78, 5) is 12.3. The van der Waals surface area contributed by atoms with Crippen molar-refractivity contribution in [3.63, 3.8) is 0 Å². The van der Waals surface area contributed by atoms with Crippen LogP contribution in [-0.4, -0.2) is 31.9 Å². The highest BCUT2D eigenvalue weighted by atomic mass is 32.2. The van der Waals surface area contributed by atoms with Crippen molar-refractivity contribution in [1.82, 2.24) is 5.32 Å². The van der Waals surface area contributed by atoms with Gasteiger partial charge in [-0.15, -0.1) is 0 Å². The van der Waals surface area contributed by atoms with E-state index in [2.05, 4.69) is 5.32 Å². The fourth-order valence-corrected chi connectivity index (χ4v) is 3.53. The molecule has 0 aliphatic carbocycles. The number of amides is 1. The largest absolute Gasteiger partial charge is 0.355 e. The SMILES string of the molecule is CC(C)S(=O)(=O)CCNC(=O)C[C@@H](c1ccccc1)c1ccccc1F. The molecule has 1 atom stereocenters. The average molecular weight is 377 g/mol. The van der Waals surface area contributed by atoms with Gasteiger partial charge >= 0.3 is 0 Å². The van der Waals surface area contributed by atoms with Crippen LogP contribution in [0.15, 0.2) is 54.6 Å². The fourth-order valence-electron chi connectivity index (χ4n) is 2.68. The lowest BCUT2D eigenvalue weighted by atomic mass is 9.88. The van der Waals surface area contributed by atoms with Gasteiger partial charge in [-0.1, -0.05) is 48.5 Å². The molecule has 2 aromatic rings. The first kappa shape index (κ1) is 20.1. The van der Waals surface area contributed by atoms with Gasteiger partial charge in [-0.05, 0) is 31.0 Å². The van der Waals surface area contributed by atoms with Crippen molar-refractivity contribution in [3.05, 3.63) is 71.5 Å². The minimum Gasteiger partial charge on any atom is -0.355 e. The predicted molar refractivity (Wildman–Crippen MR) is 101 cm³/mol. The molecule has 4 nitrogen and oxygen atoms in total. The molecule has 0 heterocycles. The molecule has 1 amide bonds. The van der Waals surface area contributed by atoms with Gasteiger partial charge in [0, 0.05) is 18.9 Å². The molecule has 0 radical (unpaired) electrons. The lowest BCUT2D eigenvalue weighted by molar-refractivity contribution is -0.121. The van der Waals surface area contributed by atoms with Crippen molar-refractivity contribution >= 4 is 15.7 Å². The molecule has 6 heteroatoms. The van der Waals surface area contributed by atoms with E-state index in [9.17, 15) is 17.6 Å². The number of hydrogen-bond acceptors (Lipinski definition) is 3. The molecule has 0 bridgehead atoms. The van der Waals surface area contributed by atoms with E-state index in [4.69, 9.17) is 0 Å². The minimum atomic E-state index is -3.21. The minimum absolute atomic E-state index is 0.0483. The molecule has 0 spiro atoms. The number of rotatable bonds is 8. The average Bonchev–Trinajstić information content (AvgIpc) is 2.61. The molecule has 2 aromatic carbocycles. The second-order valence-corrected chi connectivity index (χ2v) is 9.13. The monoisotopic (exact) mass is 377 g/mol. The van der Waals surface area contributed by atoms with Crippen molar-refractivity contribution in [2.75, 3.05) is 12.3 Å². The van der Waals surface area contributed by atoms with Crippen molar-refractivity contribution in [3.8, 4) is 0 Å². The third-order valence-electron chi connectivity index (χ3n) is 4.30. The fraction of sp³-hybridized carbons (Fsp3) is 0.350. The molecule has 0 saturated heterocycles. The van der Waals surface area contributed by atoms with Crippen LogP contribution < -0.4 is 5.32 Å². The van der Waals surface area contributed by atoms with E-state index in [1.54, 1.807) is 32.0 Å². The summed E-state index contributed by atoms with van der Waals surface area (Å²) >= 11 is 0. The van der Waals surface area contributed by atoms with Gasteiger partial charge in [-0.2, -0.15) is 0 Å². The Morgan fingerprint density at radius 1 is 1.04 bits per heavy atom. The van der Waals surface area contributed by atoms with Gasteiger partial charge in [0.15, 0.2) is 9.84 Å². The standard InChI is InChI=1S/C20H24FNO3S/c1-15(2)26(24,25)13-12-22-20(23)14-18(16-8-4-3-5-9-16)17-10-6-7-11-19(17)21/h3-11,15,18H,12-14H2,1-2H3,(H,22,23)/t18-/m0/s1. The first-order chi connectivity index (χ1) is 12.3. The lowest BCUT2D eigenvalue weighted by Crippen LogP contribution is -2.32. The van der Waals surface area contributed by atoms with E-state index < -0.39 is 21.0 Å². The molecule has 0 aliphatic rings. The predicted octanol–water partition coefficient (Wildman–Crippen LogP) is 3.29. The molecule has 140 valence electrons. The maximum atomic E-state index is 14.3. The summed E-state index contributed by atoms with van der Waals surface area (Å²) in [6, 6.07) is 15.6. The van der Waals surface area contributed by atoms with E-state index in [1.807, 2.05) is 30.3 Å². The van der Waals surface area contributed by atoms with E-state index in [1.165, 1.54) is 6.07 Å². The molecular weight excluding hydrogens is 353 g/mol. The van der Waals surface area contributed by atoms with Crippen LogP contribution in [0.4, 0.5) is 4.39 Å². The number of benzene rings is 2. The van der Waals surface area contributed by atoms with Gasteiger partial charge in [0.25, 0.3) is 0 Å². The van der Waals surface area contributed by atoms with Crippen LogP contribution in [0.5, 0.6) is 0 Å². The van der Waals surface area contributed by atoms with Crippen LogP contribution in [0.25, 0.3) is 0 Å². The second kappa shape index (κ2) is 8.94.